The summed E-state index contributed by atoms with van der Waals surface area (Å²) in [6, 6.07) is 22.0. The highest BCUT2D eigenvalue weighted by molar-refractivity contribution is 6.43. The summed E-state index contributed by atoms with van der Waals surface area (Å²) in [5.74, 6) is 0. The minimum Gasteiger partial charge on any atom is -0.444 e. The summed E-state index contributed by atoms with van der Waals surface area (Å²) in [7, 11) is 0. The molecule has 0 fully saturated rings. The second-order valence-electron chi connectivity index (χ2n) is 13.2. The van der Waals surface area contributed by atoms with Crippen molar-refractivity contribution in [2.45, 2.75) is 59.0 Å². The average Bonchev–Trinajstić information content (AvgIpc) is 3.06. The van der Waals surface area contributed by atoms with Crippen LogP contribution in [0.5, 0.6) is 0 Å². The Balaban J connectivity index is 1.47. The van der Waals surface area contributed by atoms with E-state index in [4.69, 9.17) is 102 Å². The maximum absolute atomic E-state index is 13.5. The number of amides is 1. The predicted molar refractivity (Wildman–Crippen MR) is 218 cm³/mol. The molecule has 14 heteroatoms. The van der Waals surface area contributed by atoms with Gasteiger partial charge in [0, 0.05) is 45.8 Å². The third kappa shape index (κ3) is 14.2. The lowest BCUT2D eigenvalue weighted by Gasteiger charge is -2.30. The van der Waals surface area contributed by atoms with Gasteiger partial charge in [-0.3, -0.25) is 9.74 Å². The van der Waals surface area contributed by atoms with E-state index in [-0.39, 0.29) is 0 Å². The first kappa shape index (κ1) is 43.1. The van der Waals surface area contributed by atoms with Crippen LogP contribution < -0.4 is 0 Å². The van der Waals surface area contributed by atoms with Gasteiger partial charge in [-0.2, -0.15) is 5.06 Å². The van der Waals surface area contributed by atoms with Crippen LogP contribution in [-0.2, 0) is 35.8 Å². The Morgan fingerprint density at radius 2 is 0.923 bits per heavy atom. The number of hydrogen-bond donors (Lipinski definition) is 0. The molecule has 6 nitrogen and oxygen atoms in total. The monoisotopic (exact) mass is 865 g/mol. The van der Waals surface area contributed by atoms with E-state index in [1.807, 2.05) is 62.2 Å². The number of ether oxygens (including phenoxy) is 1. The van der Waals surface area contributed by atoms with Crippen LogP contribution in [0.2, 0.25) is 40.2 Å². The van der Waals surface area contributed by atoms with Crippen LogP contribution in [-0.4, -0.2) is 52.8 Å². The molecule has 0 atom stereocenters. The molecule has 4 aromatic carbocycles. The minimum atomic E-state index is -0.678. The molecule has 0 bridgehead atoms. The molecular weight excluding hydrogens is 830 g/mol. The summed E-state index contributed by atoms with van der Waals surface area (Å²) in [5.41, 5.74) is 3.08. The fourth-order valence-corrected chi connectivity index (χ4v) is 6.45. The zero-order chi connectivity index (χ0) is 38.0. The number of carbonyl (C=O) groups excluding carboxylic acids is 1. The Kier molecular flexibility index (Phi) is 16.8. The van der Waals surface area contributed by atoms with E-state index in [1.165, 1.54) is 0 Å². The van der Waals surface area contributed by atoms with Gasteiger partial charge in [-0.1, -0.05) is 117 Å². The Bertz CT molecular complexity index is 1710. The largest absolute Gasteiger partial charge is 0.444 e. The van der Waals surface area contributed by atoms with Gasteiger partial charge in [-0.15, -0.1) is 0 Å². The first-order valence-electron chi connectivity index (χ1n) is 16.4. The molecule has 0 radical (unpaired) electrons. The average molecular weight is 869 g/mol. The van der Waals surface area contributed by atoms with Crippen molar-refractivity contribution >= 4 is 98.9 Å². The van der Waals surface area contributed by atoms with Gasteiger partial charge >= 0.3 is 6.09 Å². The number of hydrogen-bond acceptors (Lipinski definition) is 5. The molecule has 1 amide bonds. The molecule has 280 valence electrons. The van der Waals surface area contributed by atoms with Gasteiger partial charge in [-0.25, -0.2) is 4.79 Å². The summed E-state index contributed by atoms with van der Waals surface area (Å²) < 4.78 is 5.81. The SMILES string of the molecule is CC(C)(C)OC(=O)N(CCCON(Cc1ccc(Cl)c(Cl)c1)Cc1ccc(Cl)c(Cl)c1)CCN(Cc1ccc(Cl)c(Cl)c1)Cc1ccc(Cl)c(Cl)c1. The number of halogens is 8. The molecule has 0 N–H and O–H groups in total. The number of carbonyl (C=O) groups is 1. The Morgan fingerprint density at radius 1 is 0.538 bits per heavy atom. The predicted octanol–water partition coefficient (Wildman–Crippen LogP) is 13.2. The topological polar surface area (TPSA) is 45.2 Å². The standard InChI is InChI=1S/C38H39Cl8N3O3/c1-38(2,3)52-37(50)48(15-14-47(21-25-5-9-29(39)33(43)17-25)22-26-6-10-30(40)34(44)18-26)13-4-16-51-49(23-27-7-11-31(41)35(45)19-27)24-28-8-12-32(42)36(46)20-28/h5-12,17-20H,4,13-16,21-24H2,1-3H3. The molecule has 0 heterocycles. The molecule has 0 spiro atoms. The van der Waals surface area contributed by atoms with Gasteiger partial charge < -0.3 is 9.64 Å². The van der Waals surface area contributed by atoms with Crippen LogP contribution in [0.3, 0.4) is 0 Å². The second kappa shape index (κ2) is 20.3. The van der Waals surface area contributed by atoms with E-state index in [0.717, 1.165) is 22.3 Å². The van der Waals surface area contributed by atoms with Crippen molar-refractivity contribution in [1.82, 2.24) is 14.9 Å². The highest BCUT2D eigenvalue weighted by Gasteiger charge is 2.23. The summed E-state index contributed by atoms with van der Waals surface area (Å²) in [6.45, 7) is 9.06. The molecule has 4 rings (SSSR count). The van der Waals surface area contributed by atoms with Crippen molar-refractivity contribution in [3.8, 4) is 0 Å². The van der Waals surface area contributed by atoms with Gasteiger partial charge in [-0.05, 0) is 98.0 Å². The van der Waals surface area contributed by atoms with Crippen molar-refractivity contribution in [2.75, 3.05) is 26.2 Å². The van der Waals surface area contributed by atoms with Crippen molar-refractivity contribution in [1.29, 1.82) is 0 Å². The van der Waals surface area contributed by atoms with Crippen molar-refractivity contribution in [3.05, 3.63) is 135 Å². The van der Waals surface area contributed by atoms with Gasteiger partial charge in [0.15, 0.2) is 0 Å². The number of rotatable bonds is 16. The van der Waals surface area contributed by atoms with Gasteiger partial charge in [0.1, 0.15) is 5.60 Å². The maximum atomic E-state index is 13.5. The van der Waals surface area contributed by atoms with Crippen LogP contribution in [0.1, 0.15) is 49.4 Å². The third-order valence-electron chi connectivity index (χ3n) is 7.65. The van der Waals surface area contributed by atoms with Crippen LogP contribution in [0.4, 0.5) is 4.79 Å². The highest BCUT2D eigenvalue weighted by Crippen LogP contribution is 2.28. The lowest BCUT2D eigenvalue weighted by atomic mass is 10.1. The second-order valence-corrected chi connectivity index (χ2v) is 16.4. The van der Waals surface area contributed by atoms with Crippen LogP contribution in [0, 0.1) is 0 Å². The smallest absolute Gasteiger partial charge is 0.410 e. The minimum absolute atomic E-state index is 0.318. The van der Waals surface area contributed by atoms with Crippen LogP contribution in [0.25, 0.3) is 0 Å². The molecule has 0 aliphatic rings. The van der Waals surface area contributed by atoms with Gasteiger partial charge in [0.25, 0.3) is 0 Å². The lowest BCUT2D eigenvalue weighted by Crippen LogP contribution is -2.42. The fourth-order valence-electron chi connectivity index (χ4n) is 5.17. The number of nitrogens with zero attached hydrogens (tertiary/aromatic N) is 3. The zero-order valence-corrected chi connectivity index (χ0v) is 34.9. The fraction of sp³-hybridized carbons (Fsp3) is 0.342. The molecule has 0 saturated heterocycles. The molecule has 0 aromatic heterocycles. The molecule has 0 aliphatic heterocycles. The molecule has 4 aromatic rings. The Hall–Kier alpha value is -1.65. The summed E-state index contributed by atoms with van der Waals surface area (Å²) in [6.07, 6.45) is 0.109. The van der Waals surface area contributed by atoms with Gasteiger partial charge in [0.05, 0.1) is 46.8 Å². The number of benzene rings is 4. The van der Waals surface area contributed by atoms with Crippen molar-refractivity contribution in [2.24, 2.45) is 0 Å². The summed E-state index contributed by atoms with van der Waals surface area (Å²) >= 11 is 50.0. The first-order chi connectivity index (χ1) is 24.6. The summed E-state index contributed by atoms with van der Waals surface area (Å²) in [5, 5.41) is 5.55. The van der Waals surface area contributed by atoms with E-state index < -0.39 is 11.7 Å². The van der Waals surface area contributed by atoms with E-state index in [0.29, 0.717) is 99.0 Å². The molecule has 0 unspecified atom stereocenters. The maximum Gasteiger partial charge on any atom is 0.410 e. The molecule has 52 heavy (non-hydrogen) atoms. The zero-order valence-electron chi connectivity index (χ0n) is 28.9. The highest BCUT2D eigenvalue weighted by atomic mass is 35.5. The normalized spacial score (nSPS) is 11.8. The van der Waals surface area contributed by atoms with E-state index in [9.17, 15) is 4.79 Å². The molecular formula is C38H39Cl8N3O3. The Labute approximate surface area is 346 Å². The van der Waals surface area contributed by atoms with Crippen LogP contribution in [0.15, 0.2) is 72.8 Å². The Morgan fingerprint density at radius 3 is 1.29 bits per heavy atom. The van der Waals surface area contributed by atoms with E-state index in [2.05, 4.69) is 4.90 Å². The molecule has 0 aliphatic carbocycles. The lowest BCUT2D eigenvalue weighted by molar-refractivity contribution is -0.175. The molecule has 0 saturated carbocycles. The van der Waals surface area contributed by atoms with E-state index >= 15 is 0 Å². The van der Waals surface area contributed by atoms with Crippen molar-refractivity contribution < 1.29 is 14.4 Å². The number of hydroxylamine groups is 2. The quantitative estimate of drug-likeness (QED) is 0.0829. The third-order valence-corrected chi connectivity index (χ3v) is 10.6. The van der Waals surface area contributed by atoms with E-state index in [1.54, 1.807) is 41.3 Å². The van der Waals surface area contributed by atoms with Gasteiger partial charge in [0.2, 0.25) is 0 Å². The van der Waals surface area contributed by atoms with Crippen molar-refractivity contribution in [3.63, 3.8) is 0 Å². The van der Waals surface area contributed by atoms with Crippen LogP contribution >= 0.6 is 92.8 Å². The summed E-state index contributed by atoms with van der Waals surface area (Å²) in [4.78, 5) is 23.7. The first-order valence-corrected chi connectivity index (χ1v) is 19.4.